The van der Waals surface area contributed by atoms with Gasteiger partial charge < -0.3 is 4.42 Å². The topological polar surface area (TPSA) is 60.0 Å². The first kappa shape index (κ1) is 20.6. The maximum absolute atomic E-state index is 13.8. The van der Waals surface area contributed by atoms with E-state index in [0.29, 0.717) is 19.1 Å². The molecular formula is C25H26FN5O. The van der Waals surface area contributed by atoms with Crippen molar-refractivity contribution in [3.8, 4) is 0 Å². The van der Waals surface area contributed by atoms with Crippen LogP contribution in [0.5, 0.6) is 0 Å². The predicted octanol–water partition coefficient (Wildman–Crippen LogP) is 5.31. The van der Waals surface area contributed by atoms with Gasteiger partial charge >= 0.3 is 0 Å². The fraction of sp³-hybridized carbons (Fsp3) is 0.320. The van der Waals surface area contributed by atoms with Gasteiger partial charge in [0.2, 0.25) is 0 Å². The monoisotopic (exact) mass is 431 g/mol. The van der Waals surface area contributed by atoms with Crippen LogP contribution >= 0.6 is 0 Å². The van der Waals surface area contributed by atoms with Crippen LogP contribution in [0.25, 0.3) is 0 Å². The summed E-state index contributed by atoms with van der Waals surface area (Å²) in [5, 5.41) is 12.9. The molecule has 1 aliphatic rings. The molecule has 7 heteroatoms. The van der Waals surface area contributed by atoms with Gasteiger partial charge in [-0.1, -0.05) is 55.3 Å². The molecule has 1 atom stereocenters. The zero-order chi connectivity index (χ0) is 21.8. The second-order valence-corrected chi connectivity index (χ2v) is 8.34. The molecule has 2 aromatic carbocycles. The largest absolute Gasteiger partial charge is 0.468 e. The average Bonchev–Trinajstić information content (AvgIpc) is 3.59. The Kier molecular flexibility index (Phi) is 6.07. The minimum absolute atomic E-state index is 0.253. The highest BCUT2D eigenvalue weighted by molar-refractivity contribution is 5.27. The lowest BCUT2D eigenvalue weighted by atomic mass is 10.0. The van der Waals surface area contributed by atoms with Crippen LogP contribution in [-0.2, 0) is 13.1 Å². The SMILES string of the molecule is Fc1ccc([C@H](c2nnnn2C2CCCC2)N(Cc2ccccc2)Cc2ccco2)cc1. The van der Waals surface area contributed by atoms with E-state index in [1.807, 2.05) is 47.1 Å². The molecule has 32 heavy (non-hydrogen) atoms. The first-order valence-corrected chi connectivity index (χ1v) is 11.1. The van der Waals surface area contributed by atoms with Gasteiger partial charge in [-0.15, -0.1) is 5.10 Å². The van der Waals surface area contributed by atoms with Gasteiger partial charge in [0.05, 0.1) is 24.9 Å². The quantitative estimate of drug-likeness (QED) is 0.378. The summed E-state index contributed by atoms with van der Waals surface area (Å²) in [5.74, 6) is 1.38. The number of nitrogens with zero attached hydrogens (tertiary/aromatic N) is 5. The lowest BCUT2D eigenvalue weighted by molar-refractivity contribution is 0.177. The summed E-state index contributed by atoms with van der Waals surface area (Å²) in [6.45, 7) is 1.24. The molecule has 5 rings (SSSR count). The van der Waals surface area contributed by atoms with Crippen LogP contribution in [0.2, 0.25) is 0 Å². The Hall–Kier alpha value is -3.32. The van der Waals surface area contributed by atoms with Gasteiger partial charge in [0.25, 0.3) is 0 Å². The smallest absolute Gasteiger partial charge is 0.173 e. The van der Waals surface area contributed by atoms with E-state index in [0.717, 1.165) is 30.0 Å². The zero-order valence-electron chi connectivity index (χ0n) is 17.8. The van der Waals surface area contributed by atoms with Gasteiger partial charge in [0, 0.05) is 6.54 Å². The first-order valence-electron chi connectivity index (χ1n) is 11.1. The van der Waals surface area contributed by atoms with Crippen LogP contribution in [-0.4, -0.2) is 25.1 Å². The van der Waals surface area contributed by atoms with Crippen LogP contribution in [0, 0.1) is 5.82 Å². The van der Waals surface area contributed by atoms with Gasteiger partial charge in [0.15, 0.2) is 5.82 Å². The molecule has 1 aliphatic carbocycles. The third-order valence-corrected chi connectivity index (χ3v) is 6.15. The van der Waals surface area contributed by atoms with Crippen LogP contribution in [0.3, 0.4) is 0 Å². The summed E-state index contributed by atoms with van der Waals surface area (Å²) in [5.41, 5.74) is 2.12. The Bertz CT molecular complexity index is 1100. The number of aromatic nitrogens is 4. The van der Waals surface area contributed by atoms with Crippen molar-refractivity contribution in [2.75, 3.05) is 0 Å². The van der Waals surface area contributed by atoms with Crippen molar-refractivity contribution < 1.29 is 8.81 Å². The van der Waals surface area contributed by atoms with Crippen LogP contribution in [0.4, 0.5) is 4.39 Å². The number of benzene rings is 2. The van der Waals surface area contributed by atoms with Gasteiger partial charge in [0.1, 0.15) is 11.6 Å². The standard InChI is InChI=1S/C25H26FN5O/c26-21-14-12-20(13-15-21)24(25-27-28-29-31(25)22-9-4-5-10-22)30(18-23-11-6-16-32-23)17-19-7-2-1-3-8-19/h1-3,6-8,11-16,22,24H,4-5,9-10,17-18H2/t24-/m1/s1. The maximum Gasteiger partial charge on any atom is 0.173 e. The summed E-state index contributed by atoms with van der Waals surface area (Å²) in [4.78, 5) is 2.29. The summed E-state index contributed by atoms with van der Waals surface area (Å²) >= 11 is 0. The van der Waals surface area contributed by atoms with Crippen molar-refractivity contribution in [1.29, 1.82) is 0 Å². The van der Waals surface area contributed by atoms with Crippen molar-refractivity contribution in [3.05, 3.63) is 102 Å². The van der Waals surface area contributed by atoms with E-state index in [9.17, 15) is 4.39 Å². The highest BCUT2D eigenvalue weighted by Gasteiger charge is 2.32. The van der Waals surface area contributed by atoms with Crippen molar-refractivity contribution in [3.63, 3.8) is 0 Å². The van der Waals surface area contributed by atoms with Crippen molar-refractivity contribution in [2.45, 2.75) is 50.9 Å². The predicted molar refractivity (Wildman–Crippen MR) is 118 cm³/mol. The van der Waals surface area contributed by atoms with E-state index in [1.54, 1.807) is 6.26 Å². The fourth-order valence-corrected chi connectivity index (χ4v) is 4.62. The number of hydrogen-bond donors (Lipinski definition) is 0. The molecule has 0 aliphatic heterocycles. The van der Waals surface area contributed by atoms with Gasteiger partial charge in [-0.2, -0.15) is 0 Å². The fourth-order valence-electron chi connectivity index (χ4n) is 4.62. The van der Waals surface area contributed by atoms with Crippen LogP contribution < -0.4 is 0 Å². The number of tetrazole rings is 1. The summed E-state index contributed by atoms with van der Waals surface area (Å²) in [6.07, 6.45) is 6.21. The molecule has 164 valence electrons. The van der Waals surface area contributed by atoms with Crippen molar-refractivity contribution in [1.82, 2.24) is 25.1 Å². The Morgan fingerprint density at radius 3 is 2.47 bits per heavy atom. The summed E-state index contributed by atoms with van der Waals surface area (Å²) < 4.78 is 21.5. The third kappa shape index (κ3) is 4.48. The number of halogens is 1. The Balaban J connectivity index is 1.59. The Labute approximate surface area is 186 Å². The first-order chi connectivity index (χ1) is 15.8. The summed E-state index contributed by atoms with van der Waals surface area (Å²) in [6, 6.07) is 20.9. The molecule has 4 aromatic rings. The molecule has 0 spiro atoms. The Morgan fingerprint density at radius 2 is 1.75 bits per heavy atom. The molecule has 0 radical (unpaired) electrons. The number of hydrogen-bond acceptors (Lipinski definition) is 5. The molecule has 0 unspecified atom stereocenters. The molecule has 1 fully saturated rings. The van der Waals surface area contributed by atoms with E-state index >= 15 is 0 Å². The molecule has 1 saturated carbocycles. The van der Waals surface area contributed by atoms with Crippen LogP contribution in [0.1, 0.15) is 60.5 Å². The normalized spacial score (nSPS) is 15.4. The minimum atomic E-state index is -0.261. The second-order valence-electron chi connectivity index (χ2n) is 8.34. The zero-order valence-corrected chi connectivity index (χ0v) is 17.8. The lowest BCUT2D eigenvalue weighted by Crippen LogP contribution is -2.32. The molecule has 0 N–H and O–H groups in total. The number of rotatable bonds is 8. The van der Waals surface area contributed by atoms with Crippen LogP contribution in [0.15, 0.2) is 77.4 Å². The molecule has 2 aromatic heterocycles. The van der Waals surface area contributed by atoms with Gasteiger partial charge in [-0.3, -0.25) is 4.90 Å². The van der Waals surface area contributed by atoms with Crippen molar-refractivity contribution >= 4 is 0 Å². The minimum Gasteiger partial charge on any atom is -0.468 e. The Morgan fingerprint density at radius 1 is 0.969 bits per heavy atom. The van der Waals surface area contributed by atoms with E-state index in [4.69, 9.17) is 4.42 Å². The summed E-state index contributed by atoms with van der Waals surface area (Å²) in [7, 11) is 0. The molecule has 6 nitrogen and oxygen atoms in total. The molecule has 0 bridgehead atoms. The van der Waals surface area contributed by atoms with Crippen molar-refractivity contribution in [2.24, 2.45) is 0 Å². The van der Waals surface area contributed by atoms with E-state index in [1.165, 1.54) is 30.5 Å². The molecule has 2 heterocycles. The molecule has 0 saturated heterocycles. The average molecular weight is 432 g/mol. The highest BCUT2D eigenvalue weighted by Crippen LogP contribution is 2.35. The lowest BCUT2D eigenvalue weighted by Gasteiger charge is -2.31. The van der Waals surface area contributed by atoms with Gasteiger partial charge in [-0.05, 0) is 58.7 Å². The van der Waals surface area contributed by atoms with Gasteiger partial charge in [-0.25, -0.2) is 9.07 Å². The molecule has 0 amide bonds. The van der Waals surface area contributed by atoms with E-state index in [2.05, 4.69) is 32.6 Å². The highest BCUT2D eigenvalue weighted by atomic mass is 19.1. The second kappa shape index (κ2) is 9.44. The van der Waals surface area contributed by atoms with E-state index < -0.39 is 0 Å². The van der Waals surface area contributed by atoms with E-state index in [-0.39, 0.29) is 11.9 Å². The molecular weight excluding hydrogens is 405 g/mol. The maximum atomic E-state index is 13.8. The number of furan rings is 1. The third-order valence-electron chi connectivity index (χ3n) is 6.15.